The molecule has 11 heteroatoms. The van der Waals surface area contributed by atoms with Crippen molar-refractivity contribution >= 4 is 17.3 Å². The number of aliphatic hydroxyl groups is 1. The lowest BCUT2D eigenvalue weighted by Crippen LogP contribution is -2.29. The molecule has 0 atom stereocenters. The summed E-state index contributed by atoms with van der Waals surface area (Å²) in [7, 11) is 4.80. The van der Waals surface area contributed by atoms with Crippen molar-refractivity contribution in [1.82, 2.24) is 24.3 Å². The highest BCUT2D eigenvalue weighted by atomic mass is 16.5. The first-order valence-corrected chi connectivity index (χ1v) is 11.5. The van der Waals surface area contributed by atoms with Gasteiger partial charge in [0.05, 0.1) is 13.7 Å². The highest BCUT2D eigenvalue weighted by Gasteiger charge is 2.26. The number of rotatable bonds is 8. The predicted molar refractivity (Wildman–Crippen MR) is 133 cm³/mol. The van der Waals surface area contributed by atoms with E-state index in [1.165, 1.54) is 21.2 Å². The number of amides is 1. The van der Waals surface area contributed by atoms with Crippen LogP contribution < -0.4 is 15.1 Å². The molecule has 2 aromatic heterocycles. The lowest BCUT2D eigenvalue weighted by molar-refractivity contribution is 0.0819. The third-order valence-electron chi connectivity index (χ3n) is 5.95. The van der Waals surface area contributed by atoms with Crippen LogP contribution in [0.5, 0.6) is 11.5 Å². The molecule has 1 amide bonds. The molecule has 11 nitrogen and oxygen atoms in total. The quantitative estimate of drug-likeness (QED) is 0.453. The van der Waals surface area contributed by atoms with Gasteiger partial charge in [0.2, 0.25) is 5.62 Å². The van der Waals surface area contributed by atoms with Crippen LogP contribution in [-0.2, 0) is 12.0 Å². The number of hydrogen-bond donors (Lipinski definition) is 2. The van der Waals surface area contributed by atoms with Crippen molar-refractivity contribution in [2.75, 3.05) is 34.4 Å². The molecule has 0 saturated heterocycles. The van der Waals surface area contributed by atoms with Gasteiger partial charge < -0.3 is 19.5 Å². The molecule has 3 aromatic rings. The average molecular weight is 499 g/mol. The Balaban J connectivity index is 2.09. The summed E-state index contributed by atoms with van der Waals surface area (Å²) in [6.45, 7) is 9.23. The second-order valence-corrected chi connectivity index (χ2v) is 9.82. The number of hydrogen-bond acceptors (Lipinski definition) is 8. The van der Waals surface area contributed by atoms with E-state index in [2.05, 4.69) is 10.2 Å². The number of fused-ring (bicyclic) bond motifs is 1. The Morgan fingerprint density at radius 1 is 1.14 bits per heavy atom. The van der Waals surface area contributed by atoms with E-state index in [1.54, 1.807) is 40.1 Å². The monoisotopic (exact) mass is 498 g/mol. The zero-order chi connectivity index (χ0) is 26.9. The summed E-state index contributed by atoms with van der Waals surface area (Å²) in [5.74, 6) is 0.283. The minimum atomic E-state index is -0.357. The standard InChI is InChI=1S/C25H34N6O5/c1-14-15(2)22-28-30(24(26)31(22)27-20(14)23(34)29(6)7)13-18(33)16-11-17(25(3,4)5)21(35-8)19(12-16)36-10-9-32/h11-12,26,32H,9-10,13H2,1-8H3. The number of ketones is 1. The summed E-state index contributed by atoms with van der Waals surface area (Å²) in [5, 5.41) is 26.6. The molecule has 36 heavy (non-hydrogen) atoms. The van der Waals surface area contributed by atoms with Crippen LogP contribution >= 0.6 is 0 Å². The van der Waals surface area contributed by atoms with Crippen molar-refractivity contribution in [2.24, 2.45) is 0 Å². The highest BCUT2D eigenvalue weighted by Crippen LogP contribution is 2.40. The molecule has 0 bridgehead atoms. The number of benzene rings is 1. The van der Waals surface area contributed by atoms with E-state index >= 15 is 0 Å². The molecule has 0 unspecified atom stereocenters. The molecule has 0 radical (unpaired) electrons. The first kappa shape index (κ1) is 26.9. The summed E-state index contributed by atoms with van der Waals surface area (Å²) < 4.78 is 13.8. The zero-order valence-electron chi connectivity index (χ0n) is 22.1. The van der Waals surface area contributed by atoms with Crippen molar-refractivity contribution in [3.05, 3.63) is 45.7 Å². The maximum Gasteiger partial charge on any atom is 0.274 e. The van der Waals surface area contributed by atoms with Crippen LogP contribution in [0.15, 0.2) is 12.1 Å². The van der Waals surface area contributed by atoms with E-state index in [4.69, 9.17) is 14.9 Å². The summed E-state index contributed by atoms with van der Waals surface area (Å²) >= 11 is 0. The molecule has 0 spiro atoms. The molecule has 1 aromatic carbocycles. The molecular formula is C25H34N6O5. The van der Waals surface area contributed by atoms with Crippen molar-refractivity contribution in [3.8, 4) is 11.5 Å². The van der Waals surface area contributed by atoms with Crippen LogP contribution in [0.25, 0.3) is 5.65 Å². The van der Waals surface area contributed by atoms with Crippen molar-refractivity contribution in [3.63, 3.8) is 0 Å². The molecule has 2 heterocycles. The van der Waals surface area contributed by atoms with E-state index in [0.717, 1.165) is 5.56 Å². The number of aromatic nitrogens is 4. The highest BCUT2D eigenvalue weighted by molar-refractivity contribution is 5.97. The van der Waals surface area contributed by atoms with E-state index < -0.39 is 0 Å². The Bertz CT molecular complexity index is 1380. The minimum absolute atomic E-state index is 0.0495. The number of nitrogens with one attached hydrogen (secondary N) is 1. The van der Waals surface area contributed by atoms with Gasteiger partial charge in [0, 0.05) is 30.8 Å². The van der Waals surface area contributed by atoms with Gasteiger partial charge in [-0.2, -0.15) is 9.61 Å². The summed E-state index contributed by atoms with van der Waals surface area (Å²) in [6, 6.07) is 3.34. The smallest absolute Gasteiger partial charge is 0.274 e. The predicted octanol–water partition coefficient (Wildman–Crippen LogP) is 1.89. The first-order chi connectivity index (χ1) is 16.8. The Hall–Kier alpha value is -3.73. The van der Waals surface area contributed by atoms with Gasteiger partial charge in [-0.1, -0.05) is 20.8 Å². The fourth-order valence-corrected chi connectivity index (χ4v) is 3.81. The number of Topliss-reactive ketones (excluding diaryl/α,β-unsaturated/α-hetero) is 1. The van der Waals surface area contributed by atoms with Gasteiger partial charge in [0.25, 0.3) is 5.91 Å². The average Bonchev–Trinajstić information content (AvgIpc) is 3.13. The fraction of sp³-hybridized carbons (Fsp3) is 0.480. The molecule has 0 fully saturated rings. The minimum Gasteiger partial charge on any atom is -0.493 e. The number of nitrogens with zero attached hydrogens (tertiary/aromatic N) is 5. The zero-order valence-corrected chi connectivity index (χ0v) is 22.1. The Kier molecular flexibility index (Phi) is 7.54. The molecule has 2 N–H and O–H groups in total. The summed E-state index contributed by atoms with van der Waals surface area (Å²) in [6.07, 6.45) is 0. The Morgan fingerprint density at radius 2 is 1.81 bits per heavy atom. The van der Waals surface area contributed by atoms with Gasteiger partial charge in [-0.3, -0.25) is 15.0 Å². The fourth-order valence-electron chi connectivity index (χ4n) is 3.81. The third-order valence-corrected chi connectivity index (χ3v) is 5.95. The number of aliphatic hydroxyl groups excluding tert-OH is 1. The molecular weight excluding hydrogens is 464 g/mol. The van der Waals surface area contributed by atoms with E-state index in [1.807, 2.05) is 20.8 Å². The SMILES string of the molecule is COc1c(OCCO)cc(C(=O)Cn2nc3c(C)c(C)c(C(=O)N(C)C)nn3c2=N)cc1C(C)(C)C. The van der Waals surface area contributed by atoms with Gasteiger partial charge in [0.1, 0.15) is 13.2 Å². The molecule has 194 valence electrons. The molecule has 0 aliphatic carbocycles. The van der Waals surface area contributed by atoms with Crippen LogP contribution in [0.4, 0.5) is 0 Å². The van der Waals surface area contributed by atoms with Gasteiger partial charge in [0.15, 0.2) is 28.6 Å². The van der Waals surface area contributed by atoms with Crippen LogP contribution in [-0.4, -0.2) is 75.5 Å². The van der Waals surface area contributed by atoms with Crippen LogP contribution in [0.2, 0.25) is 0 Å². The van der Waals surface area contributed by atoms with Gasteiger partial charge in [-0.15, -0.1) is 5.10 Å². The molecule has 0 saturated carbocycles. The Morgan fingerprint density at radius 3 is 2.36 bits per heavy atom. The second kappa shape index (κ2) is 10.1. The van der Waals surface area contributed by atoms with Crippen molar-refractivity contribution < 1.29 is 24.2 Å². The molecule has 0 aliphatic heterocycles. The summed E-state index contributed by atoms with van der Waals surface area (Å²) in [5.41, 5.74) is 2.65. The van der Waals surface area contributed by atoms with E-state index in [9.17, 15) is 14.7 Å². The maximum absolute atomic E-state index is 13.4. The van der Waals surface area contributed by atoms with Gasteiger partial charge in [-0.25, -0.2) is 4.68 Å². The molecule has 0 aliphatic rings. The number of carbonyl (C=O) groups excluding carboxylic acids is 2. The van der Waals surface area contributed by atoms with Gasteiger partial charge >= 0.3 is 0 Å². The largest absolute Gasteiger partial charge is 0.493 e. The van der Waals surface area contributed by atoms with Crippen molar-refractivity contribution in [2.45, 2.75) is 46.6 Å². The lowest BCUT2D eigenvalue weighted by atomic mass is 9.84. The van der Waals surface area contributed by atoms with Crippen LogP contribution in [0.3, 0.4) is 0 Å². The van der Waals surface area contributed by atoms with E-state index in [0.29, 0.717) is 33.8 Å². The summed E-state index contributed by atoms with van der Waals surface area (Å²) in [4.78, 5) is 27.4. The number of aryl methyl sites for hydroxylation is 1. The number of methoxy groups -OCH3 is 1. The van der Waals surface area contributed by atoms with Crippen LogP contribution in [0.1, 0.15) is 58.3 Å². The number of ether oxygens (including phenoxy) is 2. The van der Waals surface area contributed by atoms with Crippen molar-refractivity contribution in [1.29, 1.82) is 5.41 Å². The third kappa shape index (κ3) is 4.97. The number of carbonyl (C=O) groups is 2. The maximum atomic E-state index is 13.4. The second-order valence-electron chi connectivity index (χ2n) is 9.82. The first-order valence-electron chi connectivity index (χ1n) is 11.5. The lowest BCUT2D eigenvalue weighted by Gasteiger charge is -2.25. The topological polar surface area (TPSA) is 135 Å². The molecule has 3 rings (SSSR count). The van der Waals surface area contributed by atoms with Crippen LogP contribution in [0, 0.1) is 19.3 Å². The van der Waals surface area contributed by atoms with Gasteiger partial charge in [-0.05, 0) is 37.0 Å². The normalized spacial score (nSPS) is 11.6. The van der Waals surface area contributed by atoms with E-state index in [-0.39, 0.29) is 48.2 Å². The Labute approximate surface area is 209 Å².